The van der Waals surface area contributed by atoms with Crippen LogP contribution in [0.1, 0.15) is 6.92 Å². The summed E-state index contributed by atoms with van der Waals surface area (Å²) in [6, 6.07) is 0. The summed E-state index contributed by atoms with van der Waals surface area (Å²) in [6.07, 6.45) is -11.1. The Labute approximate surface area is 68.2 Å². The van der Waals surface area contributed by atoms with E-state index in [0.717, 1.165) is 0 Å². The van der Waals surface area contributed by atoms with E-state index >= 15 is 0 Å². The van der Waals surface area contributed by atoms with Crippen LogP contribution in [0.5, 0.6) is 0 Å². The second-order valence-electron chi connectivity index (χ2n) is 2.27. The Morgan fingerprint density at radius 1 is 1.00 bits per heavy atom. The van der Waals surface area contributed by atoms with Crippen molar-refractivity contribution in [1.29, 1.82) is 0 Å². The maximum atomic E-state index is 11.8. The van der Waals surface area contributed by atoms with Crippen molar-refractivity contribution in [3.05, 3.63) is 0 Å². The number of carbonyl (C=O) groups excluding carboxylic acids is 1. The maximum Gasteiger partial charge on any atom is 0.423 e. The Morgan fingerprint density at radius 2 is 1.31 bits per heavy atom. The zero-order chi connectivity index (χ0) is 10.9. The molecule has 0 aromatic rings. The number of rotatable bonds is 1. The lowest BCUT2D eigenvalue weighted by atomic mass is 10.0. The highest BCUT2D eigenvalue weighted by atomic mass is 19.4. The standard InChI is InChI=1S/C5H3F6NO/c1-3(12-2-13,4(6,7)8)5(9,10)11/h1H3. The zero-order valence-electron chi connectivity index (χ0n) is 6.12. The summed E-state index contributed by atoms with van der Waals surface area (Å²) in [4.78, 5) is 11.2. The van der Waals surface area contributed by atoms with Gasteiger partial charge in [-0.2, -0.15) is 31.3 Å². The molecule has 13 heavy (non-hydrogen) atoms. The highest BCUT2D eigenvalue weighted by molar-refractivity contribution is 5.35. The van der Waals surface area contributed by atoms with E-state index in [1.807, 2.05) is 0 Å². The Kier molecular flexibility index (Phi) is 2.78. The van der Waals surface area contributed by atoms with Crippen LogP contribution in [0, 0.1) is 0 Å². The van der Waals surface area contributed by atoms with Crippen molar-refractivity contribution in [3.8, 4) is 0 Å². The third kappa shape index (κ3) is 2.00. The first-order valence-corrected chi connectivity index (χ1v) is 2.79. The van der Waals surface area contributed by atoms with E-state index in [4.69, 9.17) is 0 Å². The zero-order valence-corrected chi connectivity index (χ0v) is 6.12. The molecule has 0 aliphatic heterocycles. The molecule has 0 spiro atoms. The van der Waals surface area contributed by atoms with Crippen LogP contribution in [0.2, 0.25) is 0 Å². The topological polar surface area (TPSA) is 29.4 Å². The monoisotopic (exact) mass is 207 g/mol. The lowest BCUT2D eigenvalue weighted by Gasteiger charge is -2.28. The predicted molar refractivity (Wildman–Crippen MR) is 28.6 cm³/mol. The van der Waals surface area contributed by atoms with Crippen LogP contribution in [0.15, 0.2) is 4.99 Å². The van der Waals surface area contributed by atoms with Crippen LogP contribution in [-0.4, -0.2) is 24.0 Å². The Hall–Kier alpha value is -1.04. The summed E-state index contributed by atoms with van der Waals surface area (Å²) >= 11 is 0. The molecule has 0 bridgehead atoms. The SMILES string of the molecule is CC(N=C=O)(C(F)(F)F)C(F)(F)F. The van der Waals surface area contributed by atoms with E-state index in [1.54, 1.807) is 4.99 Å². The number of hydrogen-bond donors (Lipinski definition) is 0. The first kappa shape index (κ1) is 12.0. The third-order valence-electron chi connectivity index (χ3n) is 1.37. The van der Waals surface area contributed by atoms with Gasteiger partial charge in [0.15, 0.2) is 0 Å². The van der Waals surface area contributed by atoms with E-state index in [9.17, 15) is 31.1 Å². The van der Waals surface area contributed by atoms with Gasteiger partial charge in [-0.25, -0.2) is 4.79 Å². The average Bonchev–Trinajstić information content (AvgIpc) is 1.82. The van der Waals surface area contributed by atoms with E-state index in [-0.39, 0.29) is 13.0 Å². The van der Waals surface area contributed by atoms with E-state index in [2.05, 4.69) is 0 Å². The normalized spacial score (nSPS) is 13.8. The maximum absolute atomic E-state index is 11.8. The van der Waals surface area contributed by atoms with Gasteiger partial charge in [0.1, 0.15) is 0 Å². The van der Waals surface area contributed by atoms with Crippen LogP contribution in [0.3, 0.4) is 0 Å². The van der Waals surface area contributed by atoms with Crippen LogP contribution in [0.4, 0.5) is 26.3 Å². The first-order chi connectivity index (χ1) is 5.56. The van der Waals surface area contributed by atoms with Crippen molar-refractivity contribution >= 4 is 6.08 Å². The summed E-state index contributed by atoms with van der Waals surface area (Å²) in [6.45, 7) is -0.238. The smallest absolute Gasteiger partial charge is 0.211 e. The molecule has 0 atom stereocenters. The van der Waals surface area contributed by atoms with Crippen LogP contribution in [0.25, 0.3) is 0 Å². The molecule has 2 nitrogen and oxygen atoms in total. The van der Waals surface area contributed by atoms with Gasteiger partial charge in [0.05, 0.1) is 0 Å². The Bertz CT molecular complexity index is 220. The third-order valence-corrected chi connectivity index (χ3v) is 1.37. The highest BCUT2D eigenvalue weighted by Crippen LogP contribution is 2.45. The lowest BCUT2D eigenvalue weighted by Crippen LogP contribution is -2.52. The minimum Gasteiger partial charge on any atom is -0.211 e. The van der Waals surface area contributed by atoms with E-state index < -0.39 is 17.9 Å². The molecular weight excluding hydrogens is 204 g/mol. The molecule has 0 fully saturated rings. The first-order valence-electron chi connectivity index (χ1n) is 2.79. The van der Waals surface area contributed by atoms with Crippen molar-refractivity contribution < 1.29 is 31.1 Å². The summed E-state index contributed by atoms with van der Waals surface area (Å²) in [5.74, 6) is 0. The van der Waals surface area contributed by atoms with Crippen LogP contribution >= 0.6 is 0 Å². The molecule has 0 radical (unpaired) electrons. The molecule has 0 N–H and O–H groups in total. The number of nitrogens with zero attached hydrogens (tertiary/aromatic N) is 1. The second-order valence-corrected chi connectivity index (χ2v) is 2.27. The second kappa shape index (κ2) is 3.02. The van der Waals surface area contributed by atoms with Gasteiger partial charge in [-0.1, -0.05) is 0 Å². The van der Waals surface area contributed by atoms with E-state index in [1.165, 1.54) is 0 Å². The van der Waals surface area contributed by atoms with Crippen molar-refractivity contribution in [2.75, 3.05) is 0 Å². The molecule has 0 saturated carbocycles. The number of halogens is 6. The minimum absolute atomic E-state index is 0.238. The van der Waals surface area contributed by atoms with Gasteiger partial charge < -0.3 is 0 Å². The predicted octanol–water partition coefficient (Wildman–Crippen LogP) is 2.21. The summed E-state index contributed by atoms with van der Waals surface area (Å²) < 4.78 is 70.8. The van der Waals surface area contributed by atoms with E-state index in [0.29, 0.717) is 0 Å². The molecule has 0 saturated heterocycles. The van der Waals surface area contributed by atoms with Crippen molar-refractivity contribution in [2.45, 2.75) is 24.8 Å². The molecule has 8 heteroatoms. The largest absolute Gasteiger partial charge is 0.423 e. The fourth-order valence-electron chi connectivity index (χ4n) is 0.379. The summed E-state index contributed by atoms with van der Waals surface area (Å²) in [5.41, 5.74) is -4.37. The fourth-order valence-corrected chi connectivity index (χ4v) is 0.379. The van der Waals surface area contributed by atoms with Gasteiger partial charge in [0, 0.05) is 0 Å². The van der Waals surface area contributed by atoms with Gasteiger partial charge in [-0.05, 0) is 6.92 Å². The number of alkyl halides is 6. The molecule has 0 aliphatic carbocycles. The highest BCUT2D eigenvalue weighted by Gasteiger charge is 2.68. The average molecular weight is 207 g/mol. The molecule has 0 aromatic carbocycles. The van der Waals surface area contributed by atoms with Gasteiger partial charge in [0.2, 0.25) is 6.08 Å². The molecule has 0 rings (SSSR count). The summed E-state index contributed by atoms with van der Waals surface area (Å²) in [5, 5.41) is 0. The number of aliphatic imine (C=N–C) groups is 1. The molecular formula is C5H3F6NO. The lowest BCUT2D eigenvalue weighted by molar-refractivity contribution is -0.288. The van der Waals surface area contributed by atoms with Gasteiger partial charge >= 0.3 is 12.4 Å². The molecule has 0 aromatic heterocycles. The van der Waals surface area contributed by atoms with Crippen LogP contribution in [-0.2, 0) is 4.79 Å². The van der Waals surface area contributed by atoms with Gasteiger partial charge in [0.25, 0.3) is 5.54 Å². The Morgan fingerprint density at radius 3 is 1.38 bits per heavy atom. The van der Waals surface area contributed by atoms with Gasteiger partial charge in [-0.15, -0.1) is 0 Å². The summed E-state index contributed by atoms with van der Waals surface area (Å²) in [7, 11) is 0. The Balaban J connectivity index is 5.33. The number of hydrogen-bond acceptors (Lipinski definition) is 2. The van der Waals surface area contributed by atoms with Gasteiger partial charge in [-0.3, -0.25) is 0 Å². The quantitative estimate of drug-likeness (QED) is 0.368. The molecule has 76 valence electrons. The molecule has 0 heterocycles. The molecule has 0 aliphatic rings. The van der Waals surface area contributed by atoms with Crippen molar-refractivity contribution in [3.63, 3.8) is 0 Å². The van der Waals surface area contributed by atoms with Crippen molar-refractivity contribution in [1.82, 2.24) is 0 Å². The molecule has 0 amide bonds. The van der Waals surface area contributed by atoms with Crippen LogP contribution < -0.4 is 0 Å². The molecule has 0 unspecified atom stereocenters. The fraction of sp³-hybridized carbons (Fsp3) is 0.800. The van der Waals surface area contributed by atoms with Crippen molar-refractivity contribution in [2.24, 2.45) is 4.99 Å². The number of isocyanates is 1. The minimum atomic E-state index is -5.66.